The smallest absolute Gasteiger partial charge is 0.213 e. The maximum absolute atomic E-state index is 3.95. The first-order valence-corrected chi connectivity index (χ1v) is 3.56. The molecule has 0 N–H and O–H groups in total. The molecule has 3 aliphatic rings. The first-order valence-electron chi connectivity index (χ1n) is 3.56. The van der Waals surface area contributed by atoms with Crippen LogP contribution in [0.2, 0.25) is 0 Å². The summed E-state index contributed by atoms with van der Waals surface area (Å²) in [7, 11) is 0. The molecule has 62 valence electrons. The Bertz CT molecular complexity index is 369. The molecule has 7 heteroatoms. The third-order valence-electron chi connectivity index (χ3n) is 1.64. The number of nitrogens with zero attached hydrogens (tertiary/aromatic N) is 7. The average molecular weight is 173 g/mol. The zero-order valence-electron chi connectivity index (χ0n) is 6.36. The second kappa shape index (κ2) is 2.16. The maximum atomic E-state index is 3.95. The van der Waals surface area contributed by atoms with Crippen LogP contribution in [0, 0.1) is 0 Å². The fraction of sp³-hybridized carbons (Fsp3) is 0. The third kappa shape index (κ3) is 0.776. The molecule has 0 bridgehead atoms. The minimum absolute atomic E-state index is 0.496. The normalized spacial score (nSPS) is 22.2. The highest BCUT2D eigenvalue weighted by atomic mass is 15.5. The Kier molecular flexibility index (Phi) is 1.05. The molecule has 0 spiro atoms. The minimum Gasteiger partial charge on any atom is -0.213 e. The predicted octanol–water partition coefficient (Wildman–Crippen LogP) is -0.518. The molecule has 7 nitrogen and oxygen atoms in total. The van der Waals surface area contributed by atoms with Crippen LogP contribution in [0.5, 0.6) is 0 Å². The second-order valence-corrected chi connectivity index (χ2v) is 2.36. The van der Waals surface area contributed by atoms with Crippen LogP contribution in [0.3, 0.4) is 0 Å². The Balaban J connectivity index is 2.23. The molecular weight excluding hydrogens is 170 g/mol. The van der Waals surface area contributed by atoms with Crippen LogP contribution in [0.15, 0.2) is 30.0 Å². The second-order valence-electron chi connectivity index (χ2n) is 2.36. The topological polar surface area (TPSA) is 77.4 Å². The third-order valence-corrected chi connectivity index (χ3v) is 1.64. The van der Waals surface area contributed by atoms with E-state index in [1.54, 1.807) is 4.90 Å². The van der Waals surface area contributed by atoms with Gasteiger partial charge in [-0.3, -0.25) is 0 Å². The largest absolute Gasteiger partial charge is 0.242 e. The number of aliphatic imine (C=N–C) groups is 6. The average Bonchev–Trinajstić information content (AvgIpc) is 2.19. The van der Waals surface area contributed by atoms with Crippen LogP contribution in [0.1, 0.15) is 0 Å². The van der Waals surface area contributed by atoms with E-state index in [9.17, 15) is 0 Å². The quantitative estimate of drug-likeness (QED) is 0.485. The zero-order chi connectivity index (χ0) is 8.67. The van der Waals surface area contributed by atoms with Crippen molar-refractivity contribution in [2.24, 2.45) is 30.0 Å². The van der Waals surface area contributed by atoms with E-state index in [4.69, 9.17) is 0 Å². The van der Waals surface area contributed by atoms with Gasteiger partial charge in [0.2, 0.25) is 17.9 Å². The van der Waals surface area contributed by atoms with Gasteiger partial charge >= 0.3 is 0 Å². The van der Waals surface area contributed by atoms with Crippen molar-refractivity contribution in [3.63, 3.8) is 0 Å². The summed E-state index contributed by atoms with van der Waals surface area (Å²) in [4.78, 5) is 25.3. The Labute approximate surface area is 72.7 Å². The molecule has 0 aliphatic carbocycles. The van der Waals surface area contributed by atoms with Crippen LogP contribution in [-0.4, -0.2) is 41.8 Å². The highest BCUT2D eigenvalue weighted by Crippen LogP contribution is 2.10. The molecule has 0 unspecified atom stereocenters. The first kappa shape index (κ1) is 6.35. The van der Waals surface area contributed by atoms with E-state index in [-0.39, 0.29) is 0 Å². The highest BCUT2D eigenvalue weighted by molar-refractivity contribution is 6.25. The molecule has 0 aromatic rings. The molecule has 0 saturated carbocycles. The first-order chi connectivity index (χ1) is 6.45. The predicted molar refractivity (Wildman–Crippen MR) is 49.6 cm³/mol. The number of guanidine groups is 3. The van der Waals surface area contributed by atoms with E-state index in [0.29, 0.717) is 17.9 Å². The molecule has 0 aromatic heterocycles. The summed E-state index contributed by atoms with van der Waals surface area (Å²) in [6.07, 6.45) is 4.22. The lowest BCUT2D eigenvalue weighted by Gasteiger charge is -2.25. The van der Waals surface area contributed by atoms with E-state index in [1.807, 2.05) is 0 Å². The monoisotopic (exact) mass is 173 g/mol. The lowest BCUT2D eigenvalue weighted by Crippen LogP contribution is -2.44. The Hall–Kier alpha value is -2.18. The number of rotatable bonds is 0. The Morgan fingerprint density at radius 3 is 1.46 bits per heavy atom. The van der Waals surface area contributed by atoms with Crippen molar-refractivity contribution < 1.29 is 0 Å². The molecule has 13 heavy (non-hydrogen) atoms. The fourth-order valence-electron chi connectivity index (χ4n) is 1.11. The van der Waals surface area contributed by atoms with Gasteiger partial charge in [0.25, 0.3) is 0 Å². The van der Waals surface area contributed by atoms with E-state index >= 15 is 0 Å². The van der Waals surface area contributed by atoms with Gasteiger partial charge in [0, 0.05) is 0 Å². The van der Waals surface area contributed by atoms with Crippen molar-refractivity contribution in [1.82, 2.24) is 4.90 Å². The minimum atomic E-state index is 0.496. The molecule has 0 amide bonds. The highest BCUT2D eigenvalue weighted by Gasteiger charge is 2.28. The maximum Gasteiger partial charge on any atom is 0.242 e. The van der Waals surface area contributed by atoms with Crippen LogP contribution >= 0.6 is 0 Å². The van der Waals surface area contributed by atoms with Gasteiger partial charge in [0.15, 0.2) is 0 Å². The van der Waals surface area contributed by atoms with Crippen LogP contribution in [0.25, 0.3) is 0 Å². The van der Waals surface area contributed by atoms with Crippen molar-refractivity contribution in [2.75, 3.05) is 0 Å². The van der Waals surface area contributed by atoms with Gasteiger partial charge in [-0.1, -0.05) is 0 Å². The molecule has 0 atom stereocenters. The van der Waals surface area contributed by atoms with Crippen LogP contribution in [-0.2, 0) is 0 Å². The van der Waals surface area contributed by atoms with Crippen LogP contribution in [0.4, 0.5) is 0 Å². The van der Waals surface area contributed by atoms with Gasteiger partial charge < -0.3 is 0 Å². The molecule has 0 radical (unpaired) electrons. The molecule has 3 heterocycles. The summed E-state index contributed by atoms with van der Waals surface area (Å²) in [5, 5.41) is 0. The van der Waals surface area contributed by atoms with E-state index < -0.39 is 0 Å². The van der Waals surface area contributed by atoms with Gasteiger partial charge in [0.05, 0.1) is 0 Å². The molecule has 3 aliphatic heterocycles. The van der Waals surface area contributed by atoms with E-state index in [0.717, 1.165) is 0 Å². The summed E-state index contributed by atoms with van der Waals surface area (Å²) in [6.45, 7) is 0. The van der Waals surface area contributed by atoms with Gasteiger partial charge in [-0.15, -0.1) is 0 Å². The van der Waals surface area contributed by atoms with E-state index in [2.05, 4.69) is 30.0 Å². The van der Waals surface area contributed by atoms with Gasteiger partial charge in [0.1, 0.15) is 19.0 Å². The number of hydrogen-bond donors (Lipinski definition) is 0. The van der Waals surface area contributed by atoms with Gasteiger partial charge in [-0.05, 0) is 0 Å². The lowest BCUT2D eigenvalue weighted by molar-refractivity contribution is 0.836. The SMILES string of the molecule is C1=NC2=NC=NC3=NC=NC(=N1)N23. The fourth-order valence-corrected chi connectivity index (χ4v) is 1.11. The molecule has 0 aromatic carbocycles. The van der Waals surface area contributed by atoms with Crippen molar-refractivity contribution in [3.8, 4) is 0 Å². The molecular formula is C6H3N7. The van der Waals surface area contributed by atoms with Crippen molar-refractivity contribution in [2.45, 2.75) is 0 Å². The molecule has 0 saturated heterocycles. The summed E-state index contributed by atoms with van der Waals surface area (Å²) in [5.74, 6) is 1.49. The Morgan fingerprint density at radius 1 is 0.692 bits per heavy atom. The summed E-state index contributed by atoms with van der Waals surface area (Å²) in [6, 6.07) is 0. The van der Waals surface area contributed by atoms with Crippen molar-refractivity contribution >= 4 is 36.9 Å². The van der Waals surface area contributed by atoms with Gasteiger partial charge in [-0.2, -0.15) is 0 Å². The zero-order valence-corrected chi connectivity index (χ0v) is 6.36. The summed E-state index contributed by atoms with van der Waals surface area (Å²) in [5.41, 5.74) is 0. The molecule has 0 fully saturated rings. The van der Waals surface area contributed by atoms with E-state index in [1.165, 1.54) is 19.0 Å². The van der Waals surface area contributed by atoms with Crippen molar-refractivity contribution in [1.29, 1.82) is 0 Å². The van der Waals surface area contributed by atoms with Gasteiger partial charge in [-0.25, -0.2) is 34.9 Å². The Morgan fingerprint density at radius 2 is 1.08 bits per heavy atom. The lowest BCUT2D eigenvalue weighted by atomic mass is 10.5. The summed E-state index contributed by atoms with van der Waals surface area (Å²) < 4.78 is 0. The number of hydrogen-bond acceptors (Lipinski definition) is 7. The molecule has 3 rings (SSSR count). The standard InChI is InChI=1S/C6H3N7/c1-7-4-9-2-11-6-12-3-10-5(8-1)13(4)6/h1-3H. The summed E-state index contributed by atoms with van der Waals surface area (Å²) >= 11 is 0. The van der Waals surface area contributed by atoms with Crippen molar-refractivity contribution in [3.05, 3.63) is 0 Å². The van der Waals surface area contributed by atoms with Crippen LogP contribution < -0.4 is 0 Å².